The molecule has 7 heteroatoms. The van der Waals surface area contributed by atoms with E-state index in [1.807, 2.05) is 0 Å². The van der Waals surface area contributed by atoms with Crippen molar-refractivity contribution in [2.24, 2.45) is 5.92 Å². The van der Waals surface area contributed by atoms with Crippen molar-refractivity contribution in [1.29, 1.82) is 0 Å². The molecule has 1 aliphatic carbocycles. The molecule has 0 saturated heterocycles. The quantitative estimate of drug-likeness (QED) is 0.921. The van der Waals surface area contributed by atoms with E-state index >= 15 is 0 Å². The van der Waals surface area contributed by atoms with Gasteiger partial charge in [-0.3, -0.25) is 4.79 Å². The van der Waals surface area contributed by atoms with Gasteiger partial charge in [0, 0.05) is 6.20 Å². The zero-order chi connectivity index (χ0) is 14.2. The van der Waals surface area contributed by atoms with Crippen molar-refractivity contribution >= 4 is 5.97 Å². The number of aliphatic carboxylic acids is 1. The highest BCUT2D eigenvalue weighted by Gasteiger charge is 2.39. The highest BCUT2D eigenvalue weighted by atomic mass is 19.4. The minimum atomic E-state index is -4.54. The summed E-state index contributed by atoms with van der Waals surface area (Å²) in [4.78, 5) is 14.3. The number of pyridine rings is 1. The van der Waals surface area contributed by atoms with Crippen LogP contribution in [0.1, 0.15) is 29.9 Å². The van der Waals surface area contributed by atoms with Crippen LogP contribution < -0.4 is 4.74 Å². The van der Waals surface area contributed by atoms with Crippen molar-refractivity contribution in [3.8, 4) is 5.88 Å². The zero-order valence-corrected chi connectivity index (χ0v) is 10.1. The van der Waals surface area contributed by atoms with Gasteiger partial charge in [0.1, 0.15) is 5.56 Å². The highest BCUT2D eigenvalue weighted by Crippen LogP contribution is 2.44. The normalized spacial score (nSPS) is 22.7. The molecule has 0 unspecified atom stereocenters. The fourth-order valence-electron chi connectivity index (χ4n) is 2.15. The maximum absolute atomic E-state index is 12.8. The number of methoxy groups -OCH3 is 1. The summed E-state index contributed by atoms with van der Waals surface area (Å²) in [5, 5.41) is 8.75. The maximum Gasteiger partial charge on any atom is 0.421 e. The molecule has 4 nitrogen and oxygen atoms in total. The van der Waals surface area contributed by atoms with E-state index in [1.165, 1.54) is 6.20 Å². The number of carboxylic acids is 1. The Hall–Kier alpha value is -1.79. The Morgan fingerprint density at radius 1 is 1.47 bits per heavy atom. The minimum Gasteiger partial charge on any atom is -0.481 e. The second-order valence-electron chi connectivity index (χ2n) is 4.53. The van der Waals surface area contributed by atoms with Gasteiger partial charge >= 0.3 is 12.1 Å². The molecule has 1 aromatic rings. The first-order valence-electron chi connectivity index (χ1n) is 5.67. The second-order valence-corrected chi connectivity index (χ2v) is 4.53. The molecule has 1 heterocycles. The van der Waals surface area contributed by atoms with Crippen LogP contribution in [0.25, 0.3) is 0 Å². The smallest absolute Gasteiger partial charge is 0.421 e. The van der Waals surface area contributed by atoms with E-state index in [0.29, 0.717) is 18.4 Å². The third kappa shape index (κ3) is 2.64. The Morgan fingerprint density at radius 3 is 2.58 bits per heavy atom. The van der Waals surface area contributed by atoms with Gasteiger partial charge in [-0.25, -0.2) is 4.98 Å². The second kappa shape index (κ2) is 4.71. The van der Waals surface area contributed by atoms with Gasteiger partial charge in [-0.05, 0) is 30.4 Å². The molecule has 0 atom stereocenters. The van der Waals surface area contributed by atoms with Crippen LogP contribution in [-0.2, 0) is 11.0 Å². The molecule has 1 fully saturated rings. The van der Waals surface area contributed by atoms with Crippen molar-refractivity contribution in [1.82, 2.24) is 4.98 Å². The summed E-state index contributed by atoms with van der Waals surface area (Å²) in [6.07, 6.45) is -2.53. The summed E-state index contributed by atoms with van der Waals surface area (Å²) >= 11 is 0. The van der Waals surface area contributed by atoms with Gasteiger partial charge in [0.25, 0.3) is 0 Å². The number of halogens is 3. The zero-order valence-electron chi connectivity index (χ0n) is 10.1. The first-order chi connectivity index (χ1) is 8.82. The average molecular weight is 275 g/mol. The molecule has 1 aromatic heterocycles. The number of hydrogen-bond donors (Lipinski definition) is 1. The summed E-state index contributed by atoms with van der Waals surface area (Å²) in [5.74, 6) is -2.03. The number of alkyl halides is 3. The standard InChI is InChI=1S/C12H12F3NO3/c1-19-10-9(12(13,14)15)4-8(5-16-10)6-2-7(3-6)11(17)18/h4-7H,2-3H2,1H3,(H,17,18). The Bertz CT molecular complexity index is 495. The van der Waals surface area contributed by atoms with Crippen molar-refractivity contribution < 1.29 is 27.8 Å². The van der Waals surface area contributed by atoms with Gasteiger partial charge in [-0.2, -0.15) is 13.2 Å². The topological polar surface area (TPSA) is 59.4 Å². The van der Waals surface area contributed by atoms with E-state index in [0.717, 1.165) is 13.2 Å². The van der Waals surface area contributed by atoms with Crippen LogP contribution in [-0.4, -0.2) is 23.2 Å². The largest absolute Gasteiger partial charge is 0.481 e. The number of rotatable bonds is 3. The lowest BCUT2D eigenvalue weighted by molar-refractivity contribution is -0.145. The van der Waals surface area contributed by atoms with E-state index in [9.17, 15) is 18.0 Å². The van der Waals surface area contributed by atoms with Crippen molar-refractivity contribution in [3.63, 3.8) is 0 Å². The van der Waals surface area contributed by atoms with Crippen LogP contribution in [0.5, 0.6) is 5.88 Å². The summed E-state index contributed by atoms with van der Waals surface area (Å²) in [6.45, 7) is 0. The molecule has 0 aromatic carbocycles. The van der Waals surface area contributed by atoms with Gasteiger partial charge in [-0.1, -0.05) is 0 Å². The molecule has 0 radical (unpaired) electrons. The molecule has 1 saturated carbocycles. The lowest BCUT2D eigenvalue weighted by Crippen LogP contribution is -2.29. The lowest BCUT2D eigenvalue weighted by atomic mass is 9.71. The van der Waals surface area contributed by atoms with Gasteiger partial charge in [0.15, 0.2) is 0 Å². The number of aromatic nitrogens is 1. The van der Waals surface area contributed by atoms with Crippen LogP contribution in [0.2, 0.25) is 0 Å². The van der Waals surface area contributed by atoms with Crippen LogP contribution in [0.15, 0.2) is 12.3 Å². The van der Waals surface area contributed by atoms with Gasteiger partial charge in [0.2, 0.25) is 5.88 Å². The number of nitrogens with zero attached hydrogens (tertiary/aromatic N) is 1. The van der Waals surface area contributed by atoms with Gasteiger partial charge < -0.3 is 9.84 Å². The van der Waals surface area contributed by atoms with Crippen molar-refractivity contribution in [3.05, 3.63) is 23.4 Å². The predicted molar refractivity (Wildman–Crippen MR) is 58.9 cm³/mol. The molecule has 0 aliphatic heterocycles. The van der Waals surface area contributed by atoms with Gasteiger partial charge in [0.05, 0.1) is 13.0 Å². The average Bonchev–Trinajstić information content (AvgIpc) is 2.25. The lowest BCUT2D eigenvalue weighted by Gasteiger charge is -2.32. The fourth-order valence-corrected chi connectivity index (χ4v) is 2.15. The number of ether oxygens (including phenoxy) is 1. The van der Waals surface area contributed by atoms with E-state index < -0.39 is 29.5 Å². The summed E-state index contributed by atoms with van der Waals surface area (Å²) in [5.41, 5.74) is -0.517. The molecule has 0 bridgehead atoms. The molecular weight excluding hydrogens is 263 g/mol. The third-order valence-corrected chi connectivity index (χ3v) is 3.33. The molecule has 1 N–H and O–H groups in total. The van der Waals surface area contributed by atoms with E-state index in [-0.39, 0.29) is 5.92 Å². The Kier molecular flexibility index (Phi) is 3.38. The molecular formula is C12H12F3NO3. The summed E-state index contributed by atoms with van der Waals surface area (Å²) in [7, 11) is 1.13. The minimum absolute atomic E-state index is 0.180. The van der Waals surface area contributed by atoms with Crippen LogP contribution in [0.3, 0.4) is 0 Å². The molecule has 19 heavy (non-hydrogen) atoms. The number of carboxylic acid groups (broad SMARTS) is 1. The fraction of sp³-hybridized carbons (Fsp3) is 0.500. The first kappa shape index (κ1) is 13.6. The Morgan fingerprint density at radius 2 is 2.11 bits per heavy atom. The maximum atomic E-state index is 12.8. The third-order valence-electron chi connectivity index (χ3n) is 3.33. The van der Waals surface area contributed by atoms with Crippen LogP contribution in [0.4, 0.5) is 13.2 Å². The molecule has 0 spiro atoms. The molecule has 0 amide bonds. The predicted octanol–water partition coefficient (Wildman–Crippen LogP) is 2.69. The number of carbonyl (C=O) groups is 1. The summed E-state index contributed by atoms with van der Waals surface area (Å²) in [6, 6.07) is 0.995. The Balaban J connectivity index is 2.23. The molecule has 2 rings (SSSR count). The molecule has 104 valence electrons. The van der Waals surface area contributed by atoms with Crippen LogP contribution in [0, 0.1) is 5.92 Å². The van der Waals surface area contributed by atoms with Gasteiger partial charge in [-0.15, -0.1) is 0 Å². The Labute approximate surface area is 107 Å². The van der Waals surface area contributed by atoms with E-state index in [4.69, 9.17) is 5.11 Å². The highest BCUT2D eigenvalue weighted by molar-refractivity contribution is 5.71. The molecule has 1 aliphatic rings. The monoisotopic (exact) mass is 275 g/mol. The van der Waals surface area contributed by atoms with E-state index in [2.05, 4.69) is 9.72 Å². The van der Waals surface area contributed by atoms with E-state index in [1.54, 1.807) is 0 Å². The number of hydrogen-bond acceptors (Lipinski definition) is 3. The van der Waals surface area contributed by atoms with Crippen molar-refractivity contribution in [2.75, 3.05) is 7.11 Å². The van der Waals surface area contributed by atoms with Crippen molar-refractivity contribution in [2.45, 2.75) is 24.9 Å². The summed E-state index contributed by atoms with van der Waals surface area (Å²) < 4.78 is 43.0. The first-order valence-corrected chi connectivity index (χ1v) is 5.67. The SMILES string of the molecule is COc1ncc(C2CC(C(=O)O)C2)cc1C(F)(F)F. The van der Waals surface area contributed by atoms with Crippen LogP contribution >= 0.6 is 0 Å².